The third-order valence-electron chi connectivity index (χ3n) is 2.03. The Morgan fingerprint density at radius 2 is 2.11 bits per heavy atom. The number of aliphatic hydroxyl groups is 1. The molecule has 1 atom stereocenters. The third-order valence-corrected chi connectivity index (χ3v) is 2.28. The van der Waals surface area contributed by atoms with Gasteiger partial charge >= 0.3 is 5.97 Å². The van der Waals surface area contributed by atoms with Crippen molar-refractivity contribution in [3.8, 4) is 0 Å². The van der Waals surface area contributed by atoms with Crippen LogP contribution >= 0.6 is 11.6 Å². The molecule has 0 saturated carbocycles. The molecule has 0 amide bonds. The molecule has 98 valence electrons. The number of carbonyl (C=O) groups excluding carboxylic acids is 1. The molecular weight excluding hydrogens is 256 g/mol. The molecule has 1 rings (SSSR count). The van der Waals surface area contributed by atoms with Crippen LogP contribution in [0.1, 0.15) is 13.8 Å². The van der Waals surface area contributed by atoms with Gasteiger partial charge in [-0.2, -0.15) is 5.10 Å². The minimum atomic E-state index is -1.01. The lowest BCUT2D eigenvalue weighted by Gasteiger charge is -2.09. The molecule has 0 bridgehead atoms. The van der Waals surface area contributed by atoms with Gasteiger partial charge in [0.25, 0.3) is 0 Å². The lowest BCUT2D eigenvalue weighted by Crippen LogP contribution is -2.29. The van der Waals surface area contributed by atoms with Crippen molar-refractivity contribution < 1.29 is 14.6 Å². The highest BCUT2D eigenvalue weighted by molar-refractivity contribution is 6.38. The van der Waals surface area contributed by atoms with Crippen LogP contribution in [0.4, 0.5) is 5.69 Å². The van der Waals surface area contributed by atoms with Crippen molar-refractivity contribution in [1.29, 1.82) is 0 Å². The van der Waals surface area contributed by atoms with Gasteiger partial charge in [-0.25, -0.2) is 4.79 Å². The van der Waals surface area contributed by atoms with Crippen molar-refractivity contribution in [3.63, 3.8) is 0 Å². The quantitative estimate of drug-likeness (QED) is 0.488. The van der Waals surface area contributed by atoms with Gasteiger partial charge in [0.2, 0.25) is 0 Å². The van der Waals surface area contributed by atoms with E-state index in [4.69, 9.17) is 16.3 Å². The van der Waals surface area contributed by atoms with Crippen molar-refractivity contribution >= 4 is 29.0 Å². The van der Waals surface area contributed by atoms with Crippen LogP contribution < -0.4 is 5.43 Å². The number of benzene rings is 1. The van der Waals surface area contributed by atoms with Gasteiger partial charge in [-0.1, -0.05) is 11.6 Å². The molecule has 0 heterocycles. The van der Waals surface area contributed by atoms with Gasteiger partial charge in [-0.3, -0.25) is 5.43 Å². The summed E-state index contributed by atoms with van der Waals surface area (Å²) in [5, 5.41) is 13.9. The van der Waals surface area contributed by atoms with Crippen molar-refractivity contribution in [1.82, 2.24) is 0 Å². The van der Waals surface area contributed by atoms with E-state index in [0.717, 1.165) is 0 Å². The van der Waals surface area contributed by atoms with E-state index in [-0.39, 0.29) is 12.3 Å². The Labute approximate surface area is 110 Å². The van der Waals surface area contributed by atoms with E-state index >= 15 is 0 Å². The van der Waals surface area contributed by atoms with E-state index < -0.39 is 12.1 Å². The monoisotopic (exact) mass is 270 g/mol. The maximum atomic E-state index is 11.5. The zero-order chi connectivity index (χ0) is 13.5. The van der Waals surface area contributed by atoms with Crippen molar-refractivity contribution in [2.45, 2.75) is 20.0 Å². The van der Waals surface area contributed by atoms with Gasteiger partial charge in [-0.15, -0.1) is 0 Å². The van der Waals surface area contributed by atoms with Crippen LogP contribution in [0.2, 0.25) is 5.02 Å². The number of anilines is 1. The fourth-order valence-corrected chi connectivity index (χ4v) is 1.29. The minimum Gasteiger partial charge on any atom is -0.461 e. The molecule has 0 aliphatic carbocycles. The van der Waals surface area contributed by atoms with E-state index in [1.807, 2.05) is 0 Å². The molecular formula is C12H15ClN2O3. The summed E-state index contributed by atoms with van der Waals surface area (Å²) in [6.45, 7) is 3.36. The molecule has 0 fully saturated rings. The Morgan fingerprint density at radius 3 is 2.61 bits per heavy atom. The summed E-state index contributed by atoms with van der Waals surface area (Å²) in [4.78, 5) is 11.5. The first kappa shape index (κ1) is 14.5. The lowest BCUT2D eigenvalue weighted by molar-refractivity contribution is -0.135. The highest BCUT2D eigenvalue weighted by Crippen LogP contribution is 2.13. The van der Waals surface area contributed by atoms with Gasteiger partial charge in [-0.05, 0) is 38.1 Å². The number of halogens is 1. The zero-order valence-electron chi connectivity index (χ0n) is 10.2. The minimum absolute atomic E-state index is 0.0770. The maximum Gasteiger partial charge on any atom is 0.357 e. The first-order chi connectivity index (χ1) is 8.54. The fraction of sp³-hybridized carbons (Fsp3) is 0.333. The molecule has 1 aromatic carbocycles. The van der Waals surface area contributed by atoms with Crippen molar-refractivity contribution in [3.05, 3.63) is 29.3 Å². The van der Waals surface area contributed by atoms with E-state index in [1.165, 1.54) is 6.92 Å². The number of ether oxygens (including phenoxy) is 1. The van der Waals surface area contributed by atoms with E-state index in [9.17, 15) is 9.90 Å². The Hall–Kier alpha value is -1.59. The van der Waals surface area contributed by atoms with Crippen molar-refractivity contribution in [2.24, 2.45) is 5.10 Å². The number of hydrogen-bond acceptors (Lipinski definition) is 5. The SMILES string of the molecule is CCOC(=O)/C(=N/Nc1ccc(Cl)cc1)C(C)O. The lowest BCUT2D eigenvalue weighted by atomic mass is 10.2. The Morgan fingerprint density at radius 1 is 1.50 bits per heavy atom. The number of hydrazone groups is 1. The Balaban J connectivity index is 2.77. The number of hydrogen-bond donors (Lipinski definition) is 2. The van der Waals surface area contributed by atoms with Crippen LogP contribution in [0.5, 0.6) is 0 Å². The molecule has 0 radical (unpaired) electrons. The van der Waals surface area contributed by atoms with Crippen LogP contribution in [0.3, 0.4) is 0 Å². The highest BCUT2D eigenvalue weighted by atomic mass is 35.5. The standard InChI is InChI=1S/C12H15ClN2O3/c1-3-18-12(17)11(8(2)16)15-14-10-6-4-9(13)5-7-10/h4-8,14,16H,3H2,1-2H3/b15-11+. The average Bonchev–Trinajstić information content (AvgIpc) is 2.31. The van der Waals surface area contributed by atoms with Gasteiger partial charge < -0.3 is 9.84 Å². The average molecular weight is 271 g/mol. The van der Waals surface area contributed by atoms with Gasteiger partial charge in [0, 0.05) is 5.02 Å². The second-order valence-electron chi connectivity index (χ2n) is 3.51. The summed E-state index contributed by atoms with van der Waals surface area (Å²) >= 11 is 5.74. The van der Waals surface area contributed by atoms with Crippen LogP contribution in [0.25, 0.3) is 0 Å². The Bertz CT molecular complexity index is 429. The number of nitrogens with one attached hydrogen (secondary N) is 1. The second-order valence-corrected chi connectivity index (χ2v) is 3.95. The molecule has 6 heteroatoms. The number of aliphatic hydroxyl groups excluding tert-OH is 1. The molecule has 0 aliphatic rings. The molecule has 18 heavy (non-hydrogen) atoms. The second kappa shape index (κ2) is 6.98. The first-order valence-electron chi connectivity index (χ1n) is 5.49. The predicted molar refractivity (Wildman–Crippen MR) is 70.8 cm³/mol. The molecule has 5 nitrogen and oxygen atoms in total. The highest BCUT2D eigenvalue weighted by Gasteiger charge is 2.18. The summed E-state index contributed by atoms with van der Waals surface area (Å²) in [5.41, 5.74) is 3.24. The van der Waals surface area contributed by atoms with Crippen molar-refractivity contribution in [2.75, 3.05) is 12.0 Å². The van der Waals surface area contributed by atoms with Crippen LogP contribution in [-0.2, 0) is 9.53 Å². The third kappa shape index (κ3) is 4.35. The topological polar surface area (TPSA) is 70.9 Å². The summed E-state index contributed by atoms with van der Waals surface area (Å²) in [6.07, 6.45) is -1.01. The smallest absolute Gasteiger partial charge is 0.357 e. The molecule has 0 spiro atoms. The van der Waals surface area contributed by atoms with Crippen LogP contribution in [0.15, 0.2) is 29.4 Å². The molecule has 1 unspecified atom stereocenters. The van der Waals surface area contributed by atoms with Gasteiger partial charge in [0.15, 0.2) is 5.71 Å². The molecule has 1 aromatic rings. The van der Waals surface area contributed by atoms with E-state index in [2.05, 4.69) is 10.5 Å². The van der Waals surface area contributed by atoms with Gasteiger partial charge in [0.1, 0.15) is 6.10 Å². The van der Waals surface area contributed by atoms with Crippen LogP contribution in [-0.4, -0.2) is 29.5 Å². The molecule has 0 saturated heterocycles. The zero-order valence-corrected chi connectivity index (χ0v) is 10.9. The number of nitrogens with zero attached hydrogens (tertiary/aromatic N) is 1. The summed E-state index contributed by atoms with van der Waals surface area (Å²) in [6, 6.07) is 6.78. The summed E-state index contributed by atoms with van der Waals surface area (Å²) < 4.78 is 4.78. The van der Waals surface area contributed by atoms with Gasteiger partial charge in [0.05, 0.1) is 12.3 Å². The van der Waals surface area contributed by atoms with E-state index in [0.29, 0.717) is 10.7 Å². The number of esters is 1. The summed E-state index contributed by atoms with van der Waals surface area (Å²) in [7, 11) is 0. The maximum absolute atomic E-state index is 11.5. The molecule has 0 aliphatic heterocycles. The van der Waals surface area contributed by atoms with Crippen LogP contribution in [0, 0.1) is 0 Å². The van der Waals surface area contributed by atoms with E-state index in [1.54, 1.807) is 31.2 Å². The molecule has 0 aromatic heterocycles. The number of rotatable bonds is 5. The Kier molecular flexibility index (Phi) is 5.61. The summed E-state index contributed by atoms with van der Waals surface area (Å²) in [5.74, 6) is -0.644. The fourth-order valence-electron chi connectivity index (χ4n) is 1.16. The number of carbonyl (C=O) groups is 1. The first-order valence-corrected chi connectivity index (χ1v) is 5.86. The predicted octanol–water partition coefficient (Wildman–Crippen LogP) is 2.05. The molecule has 2 N–H and O–H groups in total. The normalized spacial score (nSPS) is 13.0. The largest absolute Gasteiger partial charge is 0.461 e.